The standard InChI is InChI=1S/C16H12F2N2O2/c17-10-4-3-5-11(8-10)19-13-9-15(21)20(16(13)22)14-7-2-1-6-12(14)18/h1-8,13,19H,9H2. The van der Waals surface area contributed by atoms with E-state index in [9.17, 15) is 18.4 Å². The smallest absolute Gasteiger partial charge is 0.256 e. The molecule has 4 nitrogen and oxygen atoms in total. The average Bonchev–Trinajstić information content (AvgIpc) is 2.74. The van der Waals surface area contributed by atoms with Gasteiger partial charge in [-0.3, -0.25) is 9.59 Å². The van der Waals surface area contributed by atoms with Crippen molar-refractivity contribution in [2.75, 3.05) is 10.2 Å². The van der Waals surface area contributed by atoms with Crippen LogP contribution >= 0.6 is 0 Å². The van der Waals surface area contributed by atoms with Gasteiger partial charge in [-0.2, -0.15) is 0 Å². The molecule has 0 aliphatic carbocycles. The minimum atomic E-state index is -0.839. The zero-order valence-corrected chi connectivity index (χ0v) is 11.4. The summed E-state index contributed by atoms with van der Waals surface area (Å²) in [5, 5.41) is 2.81. The average molecular weight is 302 g/mol. The second-order valence-electron chi connectivity index (χ2n) is 4.93. The molecule has 0 radical (unpaired) electrons. The zero-order chi connectivity index (χ0) is 15.7. The Morgan fingerprint density at radius 3 is 2.55 bits per heavy atom. The number of halogens is 2. The third-order valence-corrected chi connectivity index (χ3v) is 3.41. The first-order valence-electron chi connectivity index (χ1n) is 6.69. The number of imide groups is 1. The lowest BCUT2D eigenvalue weighted by atomic mass is 10.2. The number of carbonyl (C=O) groups is 2. The van der Waals surface area contributed by atoms with E-state index in [1.165, 1.54) is 36.4 Å². The number of benzene rings is 2. The van der Waals surface area contributed by atoms with E-state index in [1.807, 2.05) is 0 Å². The number of hydrogen-bond acceptors (Lipinski definition) is 3. The molecular formula is C16H12F2N2O2. The summed E-state index contributed by atoms with van der Waals surface area (Å²) in [5.74, 6) is -2.15. The first-order valence-corrected chi connectivity index (χ1v) is 6.69. The van der Waals surface area contributed by atoms with Crippen LogP contribution in [0.3, 0.4) is 0 Å². The summed E-state index contributed by atoms with van der Waals surface area (Å²) in [6, 6.07) is 10.3. The Bertz CT molecular complexity index is 748. The first-order chi connectivity index (χ1) is 10.6. The molecule has 1 atom stereocenters. The molecule has 1 saturated heterocycles. The van der Waals surface area contributed by atoms with Gasteiger partial charge in [0.2, 0.25) is 5.91 Å². The monoisotopic (exact) mass is 302 g/mol. The van der Waals surface area contributed by atoms with Crippen molar-refractivity contribution in [2.45, 2.75) is 12.5 Å². The maximum atomic E-state index is 13.8. The maximum Gasteiger partial charge on any atom is 0.256 e. The van der Waals surface area contributed by atoms with Crippen LogP contribution in [0.4, 0.5) is 20.2 Å². The molecule has 1 heterocycles. The number of amides is 2. The molecule has 1 N–H and O–H groups in total. The lowest BCUT2D eigenvalue weighted by molar-refractivity contribution is -0.121. The van der Waals surface area contributed by atoms with E-state index in [0.717, 1.165) is 4.90 Å². The lowest BCUT2D eigenvalue weighted by Crippen LogP contribution is -2.35. The Morgan fingerprint density at radius 1 is 1.05 bits per heavy atom. The number of nitrogens with zero attached hydrogens (tertiary/aromatic N) is 1. The van der Waals surface area contributed by atoms with Gasteiger partial charge in [0.25, 0.3) is 5.91 Å². The van der Waals surface area contributed by atoms with E-state index >= 15 is 0 Å². The number of anilines is 2. The minimum Gasteiger partial charge on any atom is -0.373 e. The quantitative estimate of drug-likeness (QED) is 0.887. The molecule has 0 bridgehead atoms. The van der Waals surface area contributed by atoms with E-state index in [1.54, 1.807) is 12.1 Å². The van der Waals surface area contributed by atoms with Gasteiger partial charge in [-0.1, -0.05) is 18.2 Å². The van der Waals surface area contributed by atoms with Crippen molar-refractivity contribution < 1.29 is 18.4 Å². The number of nitrogens with one attached hydrogen (secondary N) is 1. The van der Waals surface area contributed by atoms with E-state index in [2.05, 4.69) is 5.32 Å². The van der Waals surface area contributed by atoms with Crippen molar-refractivity contribution in [3.8, 4) is 0 Å². The Balaban J connectivity index is 1.84. The van der Waals surface area contributed by atoms with Gasteiger partial charge in [-0.15, -0.1) is 0 Å². The molecule has 0 saturated carbocycles. The normalized spacial score (nSPS) is 17.9. The van der Waals surface area contributed by atoms with Crippen LogP contribution in [0.25, 0.3) is 0 Å². The summed E-state index contributed by atoms with van der Waals surface area (Å²) in [4.78, 5) is 25.2. The molecule has 1 fully saturated rings. The number of para-hydroxylation sites is 1. The van der Waals surface area contributed by atoms with Crippen molar-refractivity contribution >= 4 is 23.2 Å². The number of hydrogen-bond donors (Lipinski definition) is 1. The van der Waals surface area contributed by atoms with Gasteiger partial charge in [0.05, 0.1) is 12.1 Å². The predicted molar refractivity (Wildman–Crippen MR) is 77.3 cm³/mol. The highest BCUT2D eigenvalue weighted by atomic mass is 19.1. The summed E-state index contributed by atoms with van der Waals surface area (Å²) in [7, 11) is 0. The molecule has 2 aromatic rings. The highest BCUT2D eigenvalue weighted by Gasteiger charge is 2.40. The molecule has 2 amide bonds. The van der Waals surface area contributed by atoms with Crippen LogP contribution in [0.2, 0.25) is 0 Å². The van der Waals surface area contributed by atoms with Gasteiger partial charge in [0.1, 0.15) is 17.7 Å². The van der Waals surface area contributed by atoms with Gasteiger partial charge >= 0.3 is 0 Å². The third kappa shape index (κ3) is 2.55. The third-order valence-electron chi connectivity index (χ3n) is 3.41. The predicted octanol–water partition coefficient (Wildman–Crippen LogP) is 2.71. The van der Waals surface area contributed by atoms with E-state index in [4.69, 9.17) is 0 Å². The summed E-state index contributed by atoms with van der Waals surface area (Å²) in [6.45, 7) is 0. The Kier molecular flexibility index (Phi) is 3.58. The van der Waals surface area contributed by atoms with Crippen molar-refractivity contribution in [2.24, 2.45) is 0 Å². The number of rotatable bonds is 3. The summed E-state index contributed by atoms with van der Waals surface area (Å²) in [5.41, 5.74) is 0.322. The highest BCUT2D eigenvalue weighted by Crippen LogP contribution is 2.27. The Morgan fingerprint density at radius 2 is 1.82 bits per heavy atom. The maximum absolute atomic E-state index is 13.8. The molecule has 1 unspecified atom stereocenters. The first kappa shape index (κ1) is 14.2. The Hall–Kier alpha value is -2.76. The van der Waals surface area contributed by atoms with E-state index < -0.39 is 29.5 Å². The van der Waals surface area contributed by atoms with Crippen molar-refractivity contribution in [3.05, 3.63) is 60.2 Å². The highest BCUT2D eigenvalue weighted by molar-refractivity contribution is 6.23. The molecule has 1 aliphatic heterocycles. The SMILES string of the molecule is O=C1CC(Nc2cccc(F)c2)C(=O)N1c1ccccc1F. The van der Waals surface area contributed by atoms with Crippen molar-refractivity contribution in [1.29, 1.82) is 0 Å². The molecule has 1 aliphatic rings. The zero-order valence-electron chi connectivity index (χ0n) is 11.4. The molecule has 2 aromatic carbocycles. The molecule has 6 heteroatoms. The molecular weight excluding hydrogens is 290 g/mol. The van der Waals surface area contributed by atoms with Crippen LogP contribution in [0.15, 0.2) is 48.5 Å². The Labute approximate surface area is 125 Å². The summed E-state index contributed by atoms with van der Waals surface area (Å²) in [6.07, 6.45) is -0.107. The topological polar surface area (TPSA) is 49.4 Å². The summed E-state index contributed by atoms with van der Waals surface area (Å²) >= 11 is 0. The second-order valence-corrected chi connectivity index (χ2v) is 4.93. The van der Waals surface area contributed by atoms with Crippen molar-refractivity contribution in [1.82, 2.24) is 0 Å². The van der Waals surface area contributed by atoms with Gasteiger partial charge in [0.15, 0.2) is 0 Å². The fourth-order valence-corrected chi connectivity index (χ4v) is 2.41. The fourth-order valence-electron chi connectivity index (χ4n) is 2.41. The van der Waals surface area contributed by atoms with Crippen LogP contribution < -0.4 is 10.2 Å². The van der Waals surface area contributed by atoms with Crippen LogP contribution in [0.5, 0.6) is 0 Å². The van der Waals surface area contributed by atoms with Crippen LogP contribution in [-0.4, -0.2) is 17.9 Å². The van der Waals surface area contributed by atoms with Gasteiger partial charge < -0.3 is 5.32 Å². The molecule has 0 aromatic heterocycles. The molecule has 112 valence electrons. The molecule has 0 spiro atoms. The molecule has 3 rings (SSSR count). The lowest BCUT2D eigenvalue weighted by Gasteiger charge is -2.16. The van der Waals surface area contributed by atoms with Crippen LogP contribution in [0.1, 0.15) is 6.42 Å². The van der Waals surface area contributed by atoms with Gasteiger partial charge in [-0.25, -0.2) is 13.7 Å². The van der Waals surface area contributed by atoms with Crippen molar-refractivity contribution in [3.63, 3.8) is 0 Å². The van der Waals surface area contributed by atoms with Crippen LogP contribution in [-0.2, 0) is 9.59 Å². The van der Waals surface area contributed by atoms with Gasteiger partial charge in [0, 0.05) is 5.69 Å². The molecule has 22 heavy (non-hydrogen) atoms. The van der Waals surface area contributed by atoms with Gasteiger partial charge in [-0.05, 0) is 30.3 Å². The second kappa shape index (κ2) is 5.55. The van der Waals surface area contributed by atoms with Crippen LogP contribution in [0, 0.1) is 11.6 Å². The number of carbonyl (C=O) groups excluding carboxylic acids is 2. The van der Waals surface area contributed by atoms with E-state index in [-0.39, 0.29) is 12.1 Å². The van der Waals surface area contributed by atoms with E-state index in [0.29, 0.717) is 5.69 Å². The fraction of sp³-hybridized carbons (Fsp3) is 0.125. The minimum absolute atomic E-state index is 0.0685. The summed E-state index contributed by atoms with van der Waals surface area (Å²) < 4.78 is 26.9. The largest absolute Gasteiger partial charge is 0.373 e.